The van der Waals surface area contributed by atoms with Crippen molar-refractivity contribution in [3.05, 3.63) is 0 Å². The number of urea groups is 1. The SMILES string of the molecule is CC(C)N1C(=O)C2C(N=CN2C(C)C)N(C(C)C)C1=O. The molecule has 0 N–H and O–H groups in total. The summed E-state index contributed by atoms with van der Waals surface area (Å²) in [5.74, 6) is -0.141. The van der Waals surface area contributed by atoms with E-state index in [9.17, 15) is 9.59 Å². The number of carbonyl (C=O) groups is 2. The number of fused-ring (bicyclic) bond motifs is 1. The van der Waals surface area contributed by atoms with Gasteiger partial charge >= 0.3 is 6.03 Å². The maximum Gasteiger partial charge on any atom is 0.329 e. The molecule has 0 aliphatic carbocycles. The minimum atomic E-state index is -0.396. The average molecular weight is 280 g/mol. The first-order chi connectivity index (χ1) is 9.27. The van der Waals surface area contributed by atoms with Crippen molar-refractivity contribution < 1.29 is 9.59 Å². The highest BCUT2D eigenvalue weighted by Crippen LogP contribution is 2.30. The molecule has 0 aromatic heterocycles. The van der Waals surface area contributed by atoms with E-state index in [1.165, 1.54) is 4.90 Å². The smallest absolute Gasteiger partial charge is 0.329 e. The van der Waals surface area contributed by atoms with Crippen molar-refractivity contribution in [3.8, 4) is 0 Å². The van der Waals surface area contributed by atoms with Crippen LogP contribution in [0.5, 0.6) is 0 Å². The molecule has 0 aromatic carbocycles. The van der Waals surface area contributed by atoms with Crippen LogP contribution in [-0.2, 0) is 4.79 Å². The summed E-state index contributed by atoms with van der Waals surface area (Å²) < 4.78 is 0. The van der Waals surface area contributed by atoms with Crippen molar-refractivity contribution in [3.63, 3.8) is 0 Å². The van der Waals surface area contributed by atoms with Crippen LogP contribution in [-0.4, -0.2) is 63.3 Å². The Labute approximate surface area is 120 Å². The molecule has 2 atom stereocenters. The van der Waals surface area contributed by atoms with E-state index in [-0.39, 0.29) is 30.1 Å². The fourth-order valence-corrected chi connectivity index (χ4v) is 2.86. The number of carbonyl (C=O) groups excluding carboxylic acids is 2. The fourth-order valence-electron chi connectivity index (χ4n) is 2.86. The Morgan fingerprint density at radius 3 is 2.05 bits per heavy atom. The number of rotatable bonds is 3. The molecule has 3 amide bonds. The summed E-state index contributed by atoms with van der Waals surface area (Å²) in [6.45, 7) is 11.7. The quantitative estimate of drug-likeness (QED) is 0.787. The predicted octanol–water partition coefficient (Wildman–Crippen LogP) is 1.51. The molecule has 2 aliphatic rings. The second kappa shape index (κ2) is 5.07. The Balaban J connectivity index is 2.43. The molecule has 2 unspecified atom stereocenters. The van der Waals surface area contributed by atoms with E-state index in [1.54, 1.807) is 11.2 Å². The van der Waals surface area contributed by atoms with Gasteiger partial charge in [0.25, 0.3) is 5.91 Å². The summed E-state index contributed by atoms with van der Waals surface area (Å²) >= 11 is 0. The predicted molar refractivity (Wildman–Crippen MR) is 77.4 cm³/mol. The number of aliphatic imine (C=N–C) groups is 1. The number of imide groups is 1. The van der Waals surface area contributed by atoms with Crippen molar-refractivity contribution in [1.82, 2.24) is 14.7 Å². The van der Waals surface area contributed by atoms with Gasteiger partial charge in [-0.3, -0.25) is 14.6 Å². The zero-order chi connectivity index (χ0) is 15.2. The Morgan fingerprint density at radius 2 is 1.60 bits per heavy atom. The third-order valence-corrected chi connectivity index (χ3v) is 3.83. The minimum absolute atomic E-state index is 0.00797. The van der Waals surface area contributed by atoms with Crippen LogP contribution in [0.15, 0.2) is 4.99 Å². The third-order valence-electron chi connectivity index (χ3n) is 3.83. The van der Waals surface area contributed by atoms with Crippen molar-refractivity contribution in [1.29, 1.82) is 0 Å². The molecule has 20 heavy (non-hydrogen) atoms. The Kier molecular flexibility index (Phi) is 3.75. The van der Waals surface area contributed by atoms with Crippen molar-refractivity contribution >= 4 is 18.3 Å². The molecule has 2 aliphatic heterocycles. The molecule has 0 spiro atoms. The van der Waals surface area contributed by atoms with Gasteiger partial charge in [-0.1, -0.05) is 0 Å². The first-order valence-corrected chi connectivity index (χ1v) is 7.23. The van der Waals surface area contributed by atoms with Crippen LogP contribution in [0.1, 0.15) is 41.5 Å². The lowest BCUT2D eigenvalue weighted by atomic mass is 10.0. The van der Waals surface area contributed by atoms with E-state index >= 15 is 0 Å². The highest BCUT2D eigenvalue weighted by atomic mass is 16.2. The van der Waals surface area contributed by atoms with E-state index in [4.69, 9.17) is 0 Å². The summed E-state index contributed by atoms with van der Waals surface area (Å²) in [5, 5.41) is 0. The van der Waals surface area contributed by atoms with Crippen molar-refractivity contribution in [2.75, 3.05) is 0 Å². The standard InChI is InChI=1S/C14H24N4O2/c1-8(2)16-7-15-12-11(16)13(19)18(10(5)6)14(20)17(12)9(3)4/h7-12H,1-6H3. The van der Waals surface area contributed by atoms with Gasteiger partial charge in [0.05, 0.1) is 6.34 Å². The van der Waals surface area contributed by atoms with E-state index in [1.807, 2.05) is 46.4 Å². The molecule has 6 heteroatoms. The topological polar surface area (TPSA) is 56.2 Å². The van der Waals surface area contributed by atoms with Gasteiger partial charge in [0.1, 0.15) is 0 Å². The van der Waals surface area contributed by atoms with Gasteiger partial charge in [-0.2, -0.15) is 0 Å². The highest BCUT2D eigenvalue weighted by Gasteiger charge is 2.52. The Morgan fingerprint density at radius 1 is 1.00 bits per heavy atom. The van der Waals surface area contributed by atoms with Crippen LogP contribution >= 0.6 is 0 Å². The largest absolute Gasteiger partial charge is 0.345 e. The average Bonchev–Trinajstić information content (AvgIpc) is 2.72. The number of nitrogens with zero attached hydrogens (tertiary/aromatic N) is 4. The lowest BCUT2D eigenvalue weighted by Crippen LogP contribution is -2.68. The molecule has 0 aromatic rings. The van der Waals surface area contributed by atoms with Gasteiger partial charge in [0.2, 0.25) is 0 Å². The molecule has 0 radical (unpaired) electrons. The molecule has 2 rings (SSSR count). The summed E-state index contributed by atoms with van der Waals surface area (Å²) in [6.07, 6.45) is 1.32. The van der Waals surface area contributed by atoms with Crippen LogP contribution in [0, 0.1) is 0 Å². The van der Waals surface area contributed by atoms with Crippen molar-refractivity contribution in [2.45, 2.75) is 71.9 Å². The second-order valence-corrected chi connectivity index (χ2v) is 6.25. The van der Waals surface area contributed by atoms with E-state index in [2.05, 4.69) is 4.99 Å². The molecule has 6 nitrogen and oxygen atoms in total. The maximum absolute atomic E-state index is 12.7. The Hall–Kier alpha value is -1.59. The molecular weight excluding hydrogens is 256 g/mol. The molecule has 112 valence electrons. The van der Waals surface area contributed by atoms with Gasteiger partial charge in [0, 0.05) is 18.1 Å². The van der Waals surface area contributed by atoms with Gasteiger partial charge in [-0.15, -0.1) is 0 Å². The van der Waals surface area contributed by atoms with Gasteiger partial charge in [-0.25, -0.2) is 9.79 Å². The number of hydrogen-bond acceptors (Lipinski definition) is 4. The number of hydrogen-bond donors (Lipinski definition) is 0. The van der Waals surface area contributed by atoms with Crippen LogP contribution in [0.4, 0.5) is 4.79 Å². The summed E-state index contributed by atoms with van der Waals surface area (Å²) in [4.78, 5) is 34.7. The summed E-state index contributed by atoms with van der Waals surface area (Å²) in [5.41, 5.74) is 0. The molecular formula is C14H24N4O2. The first-order valence-electron chi connectivity index (χ1n) is 7.23. The fraction of sp³-hybridized carbons (Fsp3) is 0.786. The molecule has 2 heterocycles. The van der Waals surface area contributed by atoms with Crippen LogP contribution < -0.4 is 0 Å². The third kappa shape index (κ3) is 2.07. The van der Waals surface area contributed by atoms with Crippen LogP contribution in [0.25, 0.3) is 0 Å². The summed E-state index contributed by atoms with van der Waals surface area (Å²) in [7, 11) is 0. The minimum Gasteiger partial charge on any atom is -0.345 e. The van der Waals surface area contributed by atoms with Crippen LogP contribution in [0.2, 0.25) is 0 Å². The molecule has 0 bridgehead atoms. The normalized spacial score (nSPS) is 26.6. The van der Waals surface area contributed by atoms with Gasteiger partial charge < -0.3 is 4.90 Å². The lowest BCUT2D eigenvalue weighted by Gasteiger charge is -2.46. The Bertz CT molecular complexity index is 444. The van der Waals surface area contributed by atoms with E-state index < -0.39 is 12.2 Å². The van der Waals surface area contributed by atoms with E-state index in [0.29, 0.717) is 0 Å². The first kappa shape index (κ1) is 14.8. The van der Waals surface area contributed by atoms with E-state index in [0.717, 1.165) is 0 Å². The molecule has 1 fully saturated rings. The molecule has 0 saturated carbocycles. The zero-order valence-electron chi connectivity index (χ0n) is 13.1. The second-order valence-electron chi connectivity index (χ2n) is 6.25. The van der Waals surface area contributed by atoms with Gasteiger partial charge in [-0.05, 0) is 41.5 Å². The maximum atomic E-state index is 12.7. The van der Waals surface area contributed by atoms with Gasteiger partial charge in [0.15, 0.2) is 12.2 Å². The number of amides is 3. The van der Waals surface area contributed by atoms with Crippen molar-refractivity contribution in [2.24, 2.45) is 4.99 Å². The summed E-state index contributed by atoms with van der Waals surface area (Å²) in [6, 6.07) is -0.587. The lowest BCUT2D eigenvalue weighted by molar-refractivity contribution is -0.140. The zero-order valence-corrected chi connectivity index (χ0v) is 13.1. The van der Waals surface area contributed by atoms with Crippen LogP contribution in [0.3, 0.4) is 0 Å². The highest BCUT2D eigenvalue weighted by molar-refractivity contribution is 6.02. The monoisotopic (exact) mass is 280 g/mol. The molecule has 1 saturated heterocycles.